The molecule has 0 aliphatic carbocycles. The lowest BCUT2D eigenvalue weighted by Crippen LogP contribution is -2.45. The minimum atomic E-state index is -0.825. The Hall–Kier alpha value is -1.79. The SMILES string of the molecule is CC(CCCC(=O)O)NC(=O)NCC1CCC(=O)N1. The maximum atomic E-state index is 11.5. The molecular formula is C12H21N3O4. The van der Waals surface area contributed by atoms with E-state index in [1.807, 2.05) is 6.92 Å². The van der Waals surface area contributed by atoms with Gasteiger partial charge in [-0.05, 0) is 26.2 Å². The number of hydrogen-bond donors (Lipinski definition) is 4. The number of nitrogens with one attached hydrogen (secondary N) is 3. The molecule has 0 bridgehead atoms. The largest absolute Gasteiger partial charge is 0.481 e. The second-order valence-corrected chi connectivity index (χ2v) is 4.84. The van der Waals surface area contributed by atoms with Crippen molar-refractivity contribution in [3.63, 3.8) is 0 Å². The molecule has 2 atom stereocenters. The number of carboxylic acid groups (broad SMARTS) is 1. The molecule has 19 heavy (non-hydrogen) atoms. The van der Waals surface area contributed by atoms with Crippen molar-refractivity contribution in [2.45, 2.75) is 51.1 Å². The van der Waals surface area contributed by atoms with Crippen molar-refractivity contribution in [2.75, 3.05) is 6.54 Å². The second-order valence-electron chi connectivity index (χ2n) is 4.84. The molecule has 1 heterocycles. The molecule has 2 unspecified atom stereocenters. The summed E-state index contributed by atoms with van der Waals surface area (Å²) in [5.41, 5.74) is 0. The first kappa shape index (κ1) is 15.3. The van der Waals surface area contributed by atoms with Crippen LogP contribution in [-0.4, -0.2) is 41.6 Å². The number of rotatable bonds is 7. The molecule has 1 saturated heterocycles. The Balaban J connectivity index is 2.09. The van der Waals surface area contributed by atoms with Gasteiger partial charge in [-0.1, -0.05) is 0 Å². The Morgan fingerprint density at radius 1 is 1.53 bits per heavy atom. The first-order valence-electron chi connectivity index (χ1n) is 6.53. The Morgan fingerprint density at radius 2 is 2.26 bits per heavy atom. The third-order valence-electron chi connectivity index (χ3n) is 3.00. The van der Waals surface area contributed by atoms with Crippen LogP contribution in [0.15, 0.2) is 0 Å². The summed E-state index contributed by atoms with van der Waals surface area (Å²) < 4.78 is 0. The molecule has 1 aliphatic heterocycles. The molecule has 0 saturated carbocycles. The standard InChI is InChI=1S/C12H21N3O4/c1-8(3-2-4-11(17)18)14-12(19)13-7-9-5-6-10(16)15-9/h8-9H,2-7H2,1H3,(H,15,16)(H,17,18)(H2,13,14,19). The third kappa shape index (κ3) is 6.64. The highest BCUT2D eigenvalue weighted by Gasteiger charge is 2.21. The number of urea groups is 1. The van der Waals surface area contributed by atoms with E-state index in [-0.39, 0.29) is 30.4 Å². The van der Waals surface area contributed by atoms with Crippen LogP contribution in [0, 0.1) is 0 Å². The van der Waals surface area contributed by atoms with Gasteiger partial charge in [-0.2, -0.15) is 0 Å². The second kappa shape index (κ2) is 7.60. The van der Waals surface area contributed by atoms with E-state index >= 15 is 0 Å². The van der Waals surface area contributed by atoms with E-state index in [1.54, 1.807) is 0 Å². The van der Waals surface area contributed by atoms with Gasteiger partial charge >= 0.3 is 12.0 Å². The lowest BCUT2D eigenvalue weighted by atomic mass is 10.1. The molecule has 7 heteroatoms. The molecule has 7 nitrogen and oxygen atoms in total. The highest BCUT2D eigenvalue weighted by atomic mass is 16.4. The van der Waals surface area contributed by atoms with E-state index in [9.17, 15) is 14.4 Å². The highest BCUT2D eigenvalue weighted by molar-refractivity contribution is 5.79. The van der Waals surface area contributed by atoms with Crippen LogP contribution in [0.4, 0.5) is 4.79 Å². The molecule has 1 fully saturated rings. The number of amides is 3. The van der Waals surface area contributed by atoms with Crippen LogP contribution in [0.3, 0.4) is 0 Å². The van der Waals surface area contributed by atoms with Crippen LogP contribution >= 0.6 is 0 Å². The number of hydrogen-bond acceptors (Lipinski definition) is 3. The van der Waals surface area contributed by atoms with Crippen molar-refractivity contribution in [1.82, 2.24) is 16.0 Å². The quantitative estimate of drug-likeness (QED) is 0.530. The zero-order valence-electron chi connectivity index (χ0n) is 11.1. The van der Waals surface area contributed by atoms with Gasteiger partial charge in [-0.25, -0.2) is 4.79 Å². The molecule has 0 aromatic rings. The summed E-state index contributed by atoms with van der Waals surface area (Å²) in [4.78, 5) is 32.8. The fraction of sp³-hybridized carbons (Fsp3) is 0.750. The summed E-state index contributed by atoms with van der Waals surface area (Å²) in [5.74, 6) is -0.803. The number of carbonyl (C=O) groups excluding carboxylic acids is 2. The smallest absolute Gasteiger partial charge is 0.315 e. The fourth-order valence-corrected chi connectivity index (χ4v) is 1.95. The van der Waals surface area contributed by atoms with E-state index in [0.29, 0.717) is 25.8 Å². The Morgan fingerprint density at radius 3 is 2.84 bits per heavy atom. The average Bonchev–Trinajstić information content (AvgIpc) is 2.72. The number of aliphatic carboxylic acids is 1. The maximum Gasteiger partial charge on any atom is 0.315 e. The third-order valence-corrected chi connectivity index (χ3v) is 3.00. The molecule has 3 amide bonds. The van der Waals surface area contributed by atoms with Crippen molar-refractivity contribution >= 4 is 17.9 Å². The summed E-state index contributed by atoms with van der Waals surface area (Å²) >= 11 is 0. The van der Waals surface area contributed by atoms with Gasteiger partial charge in [0, 0.05) is 31.5 Å². The summed E-state index contributed by atoms with van der Waals surface area (Å²) in [6.07, 6.45) is 2.53. The van der Waals surface area contributed by atoms with Crippen LogP contribution in [-0.2, 0) is 9.59 Å². The molecule has 0 radical (unpaired) electrons. The first-order chi connectivity index (χ1) is 8.97. The van der Waals surface area contributed by atoms with E-state index in [1.165, 1.54) is 0 Å². The van der Waals surface area contributed by atoms with Gasteiger partial charge < -0.3 is 21.1 Å². The normalized spacial score (nSPS) is 19.6. The molecular weight excluding hydrogens is 250 g/mol. The van der Waals surface area contributed by atoms with E-state index in [2.05, 4.69) is 16.0 Å². The van der Waals surface area contributed by atoms with Gasteiger partial charge in [0.25, 0.3) is 0 Å². The van der Waals surface area contributed by atoms with Crippen LogP contribution in [0.25, 0.3) is 0 Å². The maximum absolute atomic E-state index is 11.5. The van der Waals surface area contributed by atoms with E-state index in [4.69, 9.17) is 5.11 Å². The molecule has 0 spiro atoms. The lowest BCUT2D eigenvalue weighted by Gasteiger charge is -2.16. The Kier molecular flexibility index (Phi) is 6.11. The van der Waals surface area contributed by atoms with Gasteiger partial charge in [0.1, 0.15) is 0 Å². The molecule has 108 valence electrons. The minimum absolute atomic E-state index is 0.0144. The number of carboxylic acids is 1. The Bertz CT molecular complexity index is 346. The first-order valence-corrected chi connectivity index (χ1v) is 6.53. The molecule has 1 aliphatic rings. The Labute approximate surface area is 112 Å². The predicted molar refractivity (Wildman–Crippen MR) is 68.6 cm³/mol. The van der Waals surface area contributed by atoms with Crippen LogP contribution < -0.4 is 16.0 Å². The molecule has 0 aromatic carbocycles. The number of carbonyl (C=O) groups is 3. The topological polar surface area (TPSA) is 108 Å². The van der Waals surface area contributed by atoms with Gasteiger partial charge in [0.05, 0.1) is 0 Å². The van der Waals surface area contributed by atoms with E-state index < -0.39 is 5.97 Å². The molecule has 0 aromatic heterocycles. The zero-order chi connectivity index (χ0) is 14.3. The fourth-order valence-electron chi connectivity index (χ4n) is 1.95. The zero-order valence-corrected chi connectivity index (χ0v) is 11.1. The van der Waals surface area contributed by atoms with Crippen LogP contribution in [0.1, 0.15) is 39.0 Å². The van der Waals surface area contributed by atoms with Crippen molar-refractivity contribution < 1.29 is 19.5 Å². The van der Waals surface area contributed by atoms with Crippen LogP contribution in [0.5, 0.6) is 0 Å². The van der Waals surface area contributed by atoms with Crippen LogP contribution in [0.2, 0.25) is 0 Å². The highest BCUT2D eigenvalue weighted by Crippen LogP contribution is 2.05. The summed E-state index contributed by atoms with van der Waals surface area (Å²) in [7, 11) is 0. The monoisotopic (exact) mass is 271 g/mol. The molecule has 4 N–H and O–H groups in total. The molecule has 1 rings (SSSR count). The summed E-state index contributed by atoms with van der Waals surface area (Å²) in [6, 6.07) is -0.345. The summed E-state index contributed by atoms with van der Waals surface area (Å²) in [5, 5.41) is 16.7. The lowest BCUT2D eigenvalue weighted by molar-refractivity contribution is -0.137. The predicted octanol–water partition coefficient (Wildman–Crippen LogP) is 0.208. The van der Waals surface area contributed by atoms with Gasteiger partial charge in [0.2, 0.25) is 5.91 Å². The van der Waals surface area contributed by atoms with Crippen molar-refractivity contribution in [3.05, 3.63) is 0 Å². The van der Waals surface area contributed by atoms with Crippen molar-refractivity contribution in [2.24, 2.45) is 0 Å². The van der Waals surface area contributed by atoms with Gasteiger partial charge in [0.15, 0.2) is 0 Å². The minimum Gasteiger partial charge on any atom is -0.481 e. The van der Waals surface area contributed by atoms with Crippen molar-refractivity contribution in [1.29, 1.82) is 0 Å². The van der Waals surface area contributed by atoms with Gasteiger partial charge in [-0.3, -0.25) is 9.59 Å². The summed E-state index contributed by atoms with van der Waals surface area (Å²) in [6.45, 7) is 2.25. The average molecular weight is 271 g/mol. The van der Waals surface area contributed by atoms with Crippen molar-refractivity contribution in [3.8, 4) is 0 Å². The van der Waals surface area contributed by atoms with Gasteiger partial charge in [-0.15, -0.1) is 0 Å². The van der Waals surface area contributed by atoms with E-state index in [0.717, 1.165) is 6.42 Å².